The molecule has 0 aliphatic carbocycles. The number of guanidine groups is 1. The van der Waals surface area contributed by atoms with Crippen LogP contribution in [-0.4, -0.2) is 188 Å². The number of para-hydroxylation sites is 1. The fourth-order valence-corrected chi connectivity index (χ4v) is 10.6. The van der Waals surface area contributed by atoms with Crippen molar-refractivity contribution in [1.29, 1.82) is 5.41 Å². The molecule has 2 aliphatic heterocycles. The lowest BCUT2D eigenvalue weighted by molar-refractivity contribution is -0.142. The number of carbonyl (C=O) groups is 11. The van der Waals surface area contributed by atoms with Gasteiger partial charge in [-0.05, 0) is 99.6 Å². The maximum atomic E-state index is 14.7. The average molecular weight is 1250 g/mol. The van der Waals surface area contributed by atoms with Gasteiger partial charge in [-0.1, -0.05) is 44.2 Å². The molecule has 21 N–H and O–H groups in total. The number of amides is 11. The van der Waals surface area contributed by atoms with Gasteiger partial charge in [-0.25, -0.2) is 4.98 Å². The summed E-state index contributed by atoms with van der Waals surface area (Å²) in [5.74, 6) is -9.05. The average Bonchev–Trinajstić information content (AvgIpc) is 3.74. The monoisotopic (exact) mass is 1250 g/mol. The molecule has 4 aromatic rings. The molecule has 2 fully saturated rings. The lowest BCUT2D eigenvalue weighted by Crippen LogP contribution is -2.61. The van der Waals surface area contributed by atoms with Crippen LogP contribution in [0.25, 0.3) is 10.9 Å². The summed E-state index contributed by atoms with van der Waals surface area (Å²) in [6.45, 7) is 2.62. The van der Waals surface area contributed by atoms with Crippen molar-refractivity contribution in [1.82, 2.24) is 73.0 Å². The predicted molar refractivity (Wildman–Crippen MR) is 326 cm³/mol. The van der Waals surface area contributed by atoms with Crippen LogP contribution in [-0.2, 0) is 72.0 Å². The van der Waals surface area contributed by atoms with Crippen molar-refractivity contribution in [2.75, 3.05) is 32.8 Å². The summed E-state index contributed by atoms with van der Waals surface area (Å²) in [4.78, 5) is 163. The number of rotatable bonds is 35. The fraction of sp³-hybridized carbons (Fsp3) is 0.508. The maximum Gasteiger partial charge on any atom is 0.245 e. The van der Waals surface area contributed by atoms with E-state index < -0.39 is 127 Å². The Morgan fingerprint density at radius 2 is 1.31 bits per heavy atom. The van der Waals surface area contributed by atoms with E-state index in [9.17, 15) is 63.0 Å². The molecule has 6 rings (SSSR count). The van der Waals surface area contributed by atoms with Crippen LogP contribution < -0.4 is 70.4 Å². The molecule has 2 aromatic heterocycles. The van der Waals surface area contributed by atoms with Crippen molar-refractivity contribution in [2.45, 2.75) is 152 Å². The Morgan fingerprint density at radius 1 is 0.700 bits per heavy atom. The van der Waals surface area contributed by atoms with Crippen molar-refractivity contribution >= 4 is 81.8 Å². The number of aromatic hydroxyl groups is 1. The number of imidazole rings is 1. The second-order valence-electron chi connectivity index (χ2n) is 22.7. The zero-order chi connectivity index (χ0) is 65.4. The second-order valence-corrected chi connectivity index (χ2v) is 22.7. The molecule has 2 aromatic carbocycles. The normalized spacial score (nSPS) is 16.9. The number of unbranched alkanes of at least 4 members (excludes halogenated alkanes) is 1. The summed E-state index contributed by atoms with van der Waals surface area (Å²) in [5.41, 5.74) is 18.6. The van der Waals surface area contributed by atoms with Gasteiger partial charge in [0.05, 0.1) is 25.2 Å². The van der Waals surface area contributed by atoms with Crippen LogP contribution in [0.4, 0.5) is 0 Å². The van der Waals surface area contributed by atoms with Gasteiger partial charge in [0.25, 0.3) is 0 Å². The Morgan fingerprint density at radius 3 is 1.94 bits per heavy atom. The van der Waals surface area contributed by atoms with Gasteiger partial charge in [-0.3, -0.25) is 58.1 Å². The zero-order valence-electron chi connectivity index (χ0n) is 50.4. The van der Waals surface area contributed by atoms with Crippen molar-refractivity contribution < 1.29 is 63.0 Å². The SMILES string of the molecule is CC(C)C[C@H](NC(=O)[C@H](CCCCN)NC(=O)[C@H](Cc1ccc(O)cc1)NC(=O)[C@H](CO)NC(=O)[C@H](Cc1c[nH]c2ccccc12)NC(=O)[C@H](Cc1c[nH]cn1)NC(=O)[C@@H]1CCC(=O)N1)C(=O)N[C@@H](CCCNC(=N)N)C(=O)N1CCC[C@H]1C(=O)NCC(N)=O. The number of aromatic nitrogens is 3. The van der Waals surface area contributed by atoms with Crippen LogP contribution in [0.15, 0.2) is 67.3 Å². The van der Waals surface area contributed by atoms with Gasteiger partial charge in [-0.15, -0.1) is 0 Å². The van der Waals surface area contributed by atoms with Crippen LogP contribution in [0.5, 0.6) is 5.75 Å². The number of primary amides is 1. The van der Waals surface area contributed by atoms with E-state index in [1.165, 1.54) is 41.7 Å². The molecule has 9 atom stereocenters. The minimum absolute atomic E-state index is 0.00678. The summed E-state index contributed by atoms with van der Waals surface area (Å²) in [6, 6.07) is 0.833. The number of likely N-dealkylation sites (tertiary alicyclic amines) is 1. The number of phenolic OH excluding ortho intramolecular Hbond substituents is 1. The first-order valence-corrected chi connectivity index (χ1v) is 30.0. The zero-order valence-corrected chi connectivity index (χ0v) is 50.4. The van der Waals surface area contributed by atoms with Gasteiger partial charge in [0.2, 0.25) is 65.0 Å². The van der Waals surface area contributed by atoms with Crippen molar-refractivity contribution in [3.8, 4) is 5.75 Å². The third-order valence-electron chi connectivity index (χ3n) is 15.3. The molecule has 0 bridgehead atoms. The molecule has 31 nitrogen and oxygen atoms in total. The molecule has 0 radical (unpaired) electrons. The molecule has 0 spiro atoms. The van der Waals surface area contributed by atoms with Crippen molar-refractivity contribution in [3.63, 3.8) is 0 Å². The van der Waals surface area contributed by atoms with E-state index in [2.05, 4.69) is 68.1 Å². The minimum atomic E-state index is -1.78. The lowest BCUT2D eigenvalue weighted by atomic mass is 10.00. The van der Waals surface area contributed by atoms with Gasteiger partial charge >= 0.3 is 0 Å². The van der Waals surface area contributed by atoms with Gasteiger partial charge < -0.3 is 95.4 Å². The topological polar surface area (TPSA) is 498 Å². The van der Waals surface area contributed by atoms with E-state index in [-0.39, 0.29) is 107 Å². The molecule has 31 heteroatoms. The maximum absolute atomic E-state index is 14.7. The third-order valence-corrected chi connectivity index (χ3v) is 15.3. The number of aliphatic hydroxyl groups excluding tert-OH is 1. The second kappa shape index (κ2) is 34.2. The highest BCUT2D eigenvalue weighted by Gasteiger charge is 2.40. The molecular weight excluding hydrogens is 1170 g/mol. The largest absolute Gasteiger partial charge is 0.508 e. The molecule has 0 unspecified atom stereocenters. The minimum Gasteiger partial charge on any atom is -0.508 e. The third kappa shape index (κ3) is 21.0. The van der Waals surface area contributed by atoms with E-state index in [1.807, 2.05) is 0 Å². The van der Waals surface area contributed by atoms with Crippen LogP contribution in [0, 0.1) is 11.3 Å². The predicted octanol–water partition coefficient (Wildman–Crippen LogP) is -3.68. The molecule has 4 heterocycles. The van der Waals surface area contributed by atoms with E-state index in [4.69, 9.17) is 22.6 Å². The van der Waals surface area contributed by atoms with Gasteiger partial charge in [0.1, 0.15) is 60.1 Å². The first-order valence-electron chi connectivity index (χ1n) is 30.0. The number of H-pyrrole nitrogens is 2. The Bertz CT molecular complexity index is 3160. The number of nitrogens with two attached hydrogens (primary N) is 3. The number of carbonyl (C=O) groups excluding carboxylic acids is 11. The highest BCUT2D eigenvalue weighted by atomic mass is 16.3. The number of aliphatic hydroxyl groups is 1. The van der Waals surface area contributed by atoms with Crippen LogP contribution in [0.3, 0.4) is 0 Å². The first-order chi connectivity index (χ1) is 43.0. The summed E-state index contributed by atoms with van der Waals surface area (Å²) in [6.07, 6.45) is 5.88. The molecule has 2 saturated heterocycles. The van der Waals surface area contributed by atoms with E-state index >= 15 is 0 Å². The summed E-state index contributed by atoms with van der Waals surface area (Å²) in [7, 11) is 0. The molecule has 11 amide bonds. The standard InChI is InChI=1S/C59H84N18O13/c1-32(2)23-42(52(84)71-41(12-7-21-65-59(62)63)58(90)77-22-8-13-47(77)57(89)67-29-48(61)80)72-50(82)39(11-5-6-20-60)70-53(85)43(24-33-14-16-36(79)17-15-33)73-56(88)46(30-78)76-54(86)44(25-34-27-66-38-10-4-3-9-37(34)38)74-55(87)45(26-35-28-64-31-68-35)75-51(83)40-18-19-49(81)69-40/h3-4,9-10,14-17,27-28,31-32,39-47,66,78-79H,5-8,11-13,18-26,29-30,60H2,1-2H3,(H2,61,80)(H,64,68)(H,67,89)(H,69,81)(H,70,85)(H,71,84)(H,72,82)(H,73,88)(H,74,87)(H,75,83)(H,76,86)(H4,62,63,65)/t39-,40-,41-,42-,43-,44-,45-,46-,47-/m0/s1. The summed E-state index contributed by atoms with van der Waals surface area (Å²) < 4.78 is 0. The number of hydrogen-bond acceptors (Lipinski definition) is 16. The van der Waals surface area contributed by atoms with Crippen LogP contribution >= 0.6 is 0 Å². The van der Waals surface area contributed by atoms with Crippen LogP contribution in [0.2, 0.25) is 0 Å². The Labute approximate surface area is 519 Å². The summed E-state index contributed by atoms with van der Waals surface area (Å²) in [5, 5.41) is 55.5. The molecule has 488 valence electrons. The molecule has 0 saturated carbocycles. The van der Waals surface area contributed by atoms with Gasteiger partial charge in [0.15, 0.2) is 5.96 Å². The Hall–Kier alpha value is -9.65. The van der Waals surface area contributed by atoms with Crippen molar-refractivity contribution in [2.24, 2.45) is 23.1 Å². The number of hydrogen-bond donors (Lipinski definition) is 18. The van der Waals surface area contributed by atoms with Crippen molar-refractivity contribution in [3.05, 3.63) is 84.1 Å². The number of nitrogens with zero attached hydrogens (tertiary/aromatic N) is 2. The highest BCUT2D eigenvalue weighted by molar-refractivity contribution is 6.00. The lowest BCUT2D eigenvalue weighted by Gasteiger charge is -2.30. The number of aromatic amines is 2. The number of benzene rings is 2. The van der Waals surface area contributed by atoms with Gasteiger partial charge in [0, 0.05) is 62.1 Å². The highest BCUT2D eigenvalue weighted by Crippen LogP contribution is 2.22. The molecular formula is C59H84N18O13. The fourth-order valence-electron chi connectivity index (χ4n) is 10.6. The smallest absolute Gasteiger partial charge is 0.245 e. The summed E-state index contributed by atoms with van der Waals surface area (Å²) >= 11 is 0. The molecule has 90 heavy (non-hydrogen) atoms. The number of phenols is 1. The van der Waals surface area contributed by atoms with Gasteiger partial charge in [-0.2, -0.15) is 0 Å². The Balaban J connectivity index is 1.23. The van der Waals surface area contributed by atoms with E-state index in [1.54, 1.807) is 44.3 Å². The first kappa shape index (κ1) is 69.5. The van der Waals surface area contributed by atoms with E-state index in [0.29, 0.717) is 47.0 Å². The van der Waals surface area contributed by atoms with Crippen LogP contribution in [0.1, 0.15) is 94.9 Å². The van der Waals surface area contributed by atoms with E-state index in [0.717, 1.165) is 0 Å². The Kier molecular flexibility index (Phi) is 26.4. The number of nitrogens with one attached hydrogen (secondary N) is 13. The quantitative estimate of drug-likeness (QED) is 0.0120. The molecule has 2 aliphatic rings. The number of fused-ring (bicyclic) bond motifs is 1.